The van der Waals surface area contributed by atoms with E-state index in [4.69, 9.17) is 0 Å². The largest absolute Gasteiger partial charge is 0.307 e. The van der Waals surface area contributed by atoms with Crippen LogP contribution in [-0.4, -0.2) is 12.0 Å². The second-order valence-electron chi connectivity index (χ2n) is 4.27. The number of nitrogens with zero attached hydrogens (tertiary/aromatic N) is 1. The van der Waals surface area contributed by atoms with Gasteiger partial charge in [0, 0.05) is 10.4 Å². The highest BCUT2D eigenvalue weighted by Gasteiger charge is 2.23. The number of benzene rings is 1. The van der Waals surface area contributed by atoms with Gasteiger partial charge in [0.15, 0.2) is 0 Å². The molecule has 2 nitrogen and oxygen atoms in total. The summed E-state index contributed by atoms with van der Waals surface area (Å²) in [6, 6.07) is 3.35. The molecule has 0 fully saturated rings. The zero-order chi connectivity index (χ0) is 14.0. The smallest absolute Gasteiger partial charge is 0.131 e. The van der Waals surface area contributed by atoms with E-state index in [1.165, 1.54) is 29.5 Å². The van der Waals surface area contributed by atoms with Gasteiger partial charge in [0.2, 0.25) is 0 Å². The first-order valence-corrected chi connectivity index (χ1v) is 6.97. The van der Waals surface area contributed by atoms with E-state index in [2.05, 4.69) is 10.3 Å². The second kappa shape index (κ2) is 5.75. The van der Waals surface area contributed by atoms with Gasteiger partial charge in [-0.25, -0.2) is 13.8 Å². The van der Waals surface area contributed by atoms with Crippen molar-refractivity contribution >= 4 is 11.3 Å². The van der Waals surface area contributed by atoms with Gasteiger partial charge in [0.05, 0.1) is 11.7 Å². The molecule has 0 aliphatic rings. The molecule has 1 heterocycles. The monoisotopic (exact) mass is 282 g/mol. The van der Waals surface area contributed by atoms with E-state index in [9.17, 15) is 8.78 Å². The summed E-state index contributed by atoms with van der Waals surface area (Å²) in [5.74, 6) is -1.10. The maximum Gasteiger partial charge on any atom is 0.131 e. The molecule has 0 bridgehead atoms. The average molecular weight is 282 g/mol. The predicted molar refractivity (Wildman–Crippen MR) is 73.5 cm³/mol. The lowest BCUT2D eigenvalue weighted by Gasteiger charge is -2.15. The van der Waals surface area contributed by atoms with E-state index in [0.717, 1.165) is 17.0 Å². The lowest BCUT2D eigenvalue weighted by Crippen LogP contribution is -2.20. The van der Waals surface area contributed by atoms with Crippen molar-refractivity contribution in [1.82, 2.24) is 10.3 Å². The maximum atomic E-state index is 13.9. The average Bonchev–Trinajstić information content (AvgIpc) is 2.75. The Balaban J connectivity index is 2.50. The molecule has 0 radical (unpaired) electrons. The summed E-state index contributed by atoms with van der Waals surface area (Å²) in [7, 11) is 1.68. The molecule has 1 N–H and O–H groups in total. The third-order valence-electron chi connectivity index (χ3n) is 3.07. The van der Waals surface area contributed by atoms with Crippen LogP contribution in [0, 0.1) is 18.6 Å². The molecule has 0 amide bonds. The van der Waals surface area contributed by atoms with Crippen molar-refractivity contribution in [2.45, 2.75) is 26.3 Å². The molecular weight excluding hydrogens is 266 g/mol. The van der Waals surface area contributed by atoms with E-state index in [-0.39, 0.29) is 5.56 Å². The zero-order valence-corrected chi connectivity index (χ0v) is 11.9. The number of thiazole rings is 1. The molecule has 0 aliphatic carbocycles. The molecule has 102 valence electrons. The summed E-state index contributed by atoms with van der Waals surface area (Å²) in [5.41, 5.74) is 1.01. The Kier molecular flexibility index (Phi) is 4.27. The summed E-state index contributed by atoms with van der Waals surface area (Å²) in [5, 5.41) is 3.64. The summed E-state index contributed by atoms with van der Waals surface area (Å²) >= 11 is 1.48. The van der Waals surface area contributed by atoms with Crippen LogP contribution < -0.4 is 5.32 Å². The lowest BCUT2D eigenvalue weighted by molar-refractivity contribution is 0.521. The molecule has 2 rings (SSSR count). The van der Waals surface area contributed by atoms with Gasteiger partial charge in [-0.15, -0.1) is 11.3 Å². The SMILES string of the molecule is CCc1nc(C(NC)c2c(F)cccc2F)sc1C. The summed E-state index contributed by atoms with van der Waals surface area (Å²) in [4.78, 5) is 5.57. The van der Waals surface area contributed by atoms with Crippen LogP contribution >= 0.6 is 11.3 Å². The number of aromatic nitrogens is 1. The van der Waals surface area contributed by atoms with Crippen molar-refractivity contribution in [1.29, 1.82) is 0 Å². The third-order valence-corrected chi connectivity index (χ3v) is 4.15. The van der Waals surface area contributed by atoms with Gasteiger partial charge in [0.1, 0.15) is 16.6 Å². The van der Waals surface area contributed by atoms with Gasteiger partial charge < -0.3 is 5.32 Å². The van der Waals surface area contributed by atoms with Gasteiger partial charge in [0.25, 0.3) is 0 Å². The molecule has 1 unspecified atom stereocenters. The minimum Gasteiger partial charge on any atom is -0.307 e. The van der Waals surface area contributed by atoms with Crippen molar-refractivity contribution in [3.63, 3.8) is 0 Å². The molecule has 1 aromatic carbocycles. The number of halogens is 2. The van der Waals surface area contributed by atoms with Gasteiger partial charge in [-0.2, -0.15) is 0 Å². The molecule has 2 aromatic rings. The summed E-state index contributed by atoms with van der Waals surface area (Å²) in [6.45, 7) is 3.99. The Hall–Kier alpha value is -1.33. The third kappa shape index (κ3) is 2.67. The maximum absolute atomic E-state index is 13.9. The Labute approximate surface area is 115 Å². The van der Waals surface area contributed by atoms with E-state index < -0.39 is 17.7 Å². The fourth-order valence-electron chi connectivity index (χ4n) is 2.08. The highest BCUT2D eigenvalue weighted by atomic mass is 32.1. The molecule has 0 saturated carbocycles. The Morgan fingerprint density at radius 1 is 1.32 bits per heavy atom. The zero-order valence-electron chi connectivity index (χ0n) is 11.1. The molecule has 0 aliphatic heterocycles. The van der Waals surface area contributed by atoms with Crippen LogP contribution in [0.15, 0.2) is 18.2 Å². The molecule has 5 heteroatoms. The summed E-state index contributed by atoms with van der Waals surface area (Å²) < 4.78 is 27.7. The van der Waals surface area contributed by atoms with Gasteiger partial charge >= 0.3 is 0 Å². The lowest BCUT2D eigenvalue weighted by atomic mass is 10.1. The molecule has 0 saturated heterocycles. The Morgan fingerprint density at radius 2 is 1.95 bits per heavy atom. The molecule has 1 aromatic heterocycles. The Bertz CT molecular complexity index is 561. The minimum absolute atomic E-state index is 0.0291. The van der Waals surface area contributed by atoms with Crippen molar-refractivity contribution in [3.8, 4) is 0 Å². The van der Waals surface area contributed by atoms with Crippen LogP contribution in [0.5, 0.6) is 0 Å². The first-order chi connectivity index (χ1) is 9.08. The summed E-state index contributed by atoms with van der Waals surface area (Å²) in [6.07, 6.45) is 0.818. The highest BCUT2D eigenvalue weighted by Crippen LogP contribution is 2.31. The molecule has 19 heavy (non-hydrogen) atoms. The number of rotatable bonds is 4. The van der Waals surface area contributed by atoms with E-state index in [1.54, 1.807) is 7.05 Å². The standard InChI is InChI=1S/C14H16F2N2S/c1-4-11-8(2)19-14(18-11)13(17-3)12-9(15)6-5-7-10(12)16/h5-7,13,17H,4H2,1-3H3. The van der Waals surface area contributed by atoms with E-state index >= 15 is 0 Å². The number of aryl methyl sites for hydroxylation is 2. The first-order valence-electron chi connectivity index (χ1n) is 6.15. The van der Waals surface area contributed by atoms with Crippen molar-refractivity contribution in [2.75, 3.05) is 7.05 Å². The fourth-order valence-corrected chi connectivity index (χ4v) is 3.21. The van der Waals surface area contributed by atoms with Crippen molar-refractivity contribution < 1.29 is 8.78 Å². The van der Waals surface area contributed by atoms with Crippen LogP contribution in [0.25, 0.3) is 0 Å². The number of hydrogen-bond donors (Lipinski definition) is 1. The number of nitrogens with one attached hydrogen (secondary N) is 1. The van der Waals surface area contributed by atoms with Gasteiger partial charge in [-0.1, -0.05) is 13.0 Å². The quantitative estimate of drug-likeness (QED) is 0.926. The van der Waals surface area contributed by atoms with Crippen LogP contribution in [0.4, 0.5) is 8.78 Å². The van der Waals surface area contributed by atoms with Crippen LogP contribution in [0.3, 0.4) is 0 Å². The first kappa shape index (κ1) is 14.1. The molecule has 0 spiro atoms. The van der Waals surface area contributed by atoms with Crippen LogP contribution in [0.1, 0.15) is 34.1 Å². The normalized spacial score (nSPS) is 12.7. The topological polar surface area (TPSA) is 24.9 Å². The predicted octanol–water partition coefficient (Wildman–Crippen LogP) is 3.60. The van der Waals surface area contributed by atoms with Crippen molar-refractivity contribution in [3.05, 3.63) is 51.0 Å². The van der Waals surface area contributed by atoms with Crippen molar-refractivity contribution in [2.24, 2.45) is 0 Å². The van der Waals surface area contributed by atoms with Crippen LogP contribution in [-0.2, 0) is 6.42 Å². The second-order valence-corrected chi connectivity index (χ2v) is 5.50. The van der Waals surface area contributed by atoms with E-state index in [0.29, 0.717) is 5.01 Å². The van der Waals surface area contributed by atoms with E-state index in [1.807, 2.05) is 13.8 Å². The molecule has 1 atom stereocenters. The van der Waals surface area contributed by atoms with Crippen LogP contribution in [0.2, 0.25) is 0 Å². The number of hydrogen-bond acceptors (Lipinski definition) is 3. The van der Waals surface area contributed by atoms with Gasteiger partial charge in [-0.05, 0) is 32.5 Å². The molecular formula is C14H16F2N2S. The van der Waals surface area contributed by atoms with Gasteiger partial charge in [-0.3, -0.25) is 0 Å². The highest BCUT2D eigenvalue weighted by molar-refractivity contribution is 7.11. The Morgan fingerprint density at radius 3 is 2.42 bits per heavy atom. The fraction of sp³-hybridized carbons (Fsp3) is 0.357. The minimum atomic E-state index is -0.551.